The second-order valence-electron chi connectivity index (χ2n) is 5.86. The lowest BCUT2D eigenvalue weighted by atomic mass is 9.97. The van der Waals surface area contributed by atoms with Gasteiger partial charge in [0.05, 0.1) is 12.5 Å². The van der Waals surface area contributed by atoms with Crippen LogP contribution in [0.15, 0.2) is 0 Å². The molecule has 21 heavy (non-hydrogen) atoms. The zero-order valence-electron chi connectivity index (χ0n) is 12.4. The van der Waals surface area contributed by atoms with Crippen molar-refractivity contribution < 1.29 is 18.0 Å². The molecule has 2 rings (SSSR count). The Kier molecular flexibility index (Phi) is 5.82. The van der Waals surface area contributed by atoms with Crippen LogP contribution in [0, 0.1) is 5.92 Å². The van der Waals surface area contributed by atoms with Crippen molar-refractivity contribution in [3.8, 4) is 0 Å². The van der Waals surface area contributed by atoms with Crippen molar-refractivity contribution in [2.75, 3.05) is 38.5 Å². The minimum atomic E-state index is -4.19. The minimum Gasteiger partial charge on any atom is -0.341 e. The van der Waals surface area contributed by atoms with E-state index in [1.807, 2.05) is 11.8 Å². The summed E-state index contributed by atoms with van der Waals surface area (Å²) in [6, 6.07) is 0. The van der Waals surface area contributed by atoms with Gasteiger partial charge in [0, 0.05) is 37.2 Å². The molecule has 2 aliphatic rings. The van der Waals surface area contributed by atoms with Gasteiger partial charge in [-0.15, -0.1) is 0 Å². The molecular formula is C14H23F3N2OS. The van der Waals surface area contributed by atoms with Gasteiger partial charge in [0.2, 0.25) is 5.91 Å². The first-order chi connectivity index (χ1) is 9.90. The van der Waals surface area contributed by atoms with E-state index in [9.17, 15) is 18.0 Å². The van der Waals surface area contributed by atoms with Gasteiger partial charge in [0.25, 0.3) is 0 Å². The number of alkyl halides is 3. The van der Waals surface area contributed by atoms with Gasteiger partial charge in [-0.2, -0.15) is 24.9 Å². The molecule has 0 bridgehead atoms. The van der Waals surface area contributed by atoms with Crippen molar-refractivity contribution in [3.63, 3.8) is 0 Å². The number of nitrogens with zero attached hydrogens (tertiary/aromatic N) is 2. The van der Waals surface area contributed by atoms with Gasteiger partial charge in [-0.25, -0.2) is 0 Å². The Morgan fingerprint density at radius 3 is 2.71 bits per heavy atom. The summed E-state index contributed by atoms with van der Waals surface area (Å²) in [4.78, 5) is 15.7. The number of rotatable bonds is 3. The SMILES string of the molecule is CCC1CN(CC(=O)N2CCCC(C(F)(F)F)C2)CCS1. The highest BCUT2D eigenvalue weighted by atomic mass is 32.2. The summed E-state index contributed by atoms with van der Waals surface area (Å²) in [5.41, 5.74) is 0. The summed E-state index contributed by atoms with van der Waals surface area (Å²) in [5, 5.41) is 0.538. The zero-order chi connectivity index (χ0) is 15.5. The number of carbonyl (C=O) groups is 1. The second-order valence-corrected chi connectivity index (χ2v) is 7.26. The average Bonchev–Trinajstić information content (AvgIpc) is 2.46. The molecule has 3 nitrogen and oxygen atoms in total. The van der Waals surface area contributed by atoms with Gasteiger partial charge >= 0.3 is 6.18 Å². The normalized spacial score (nSPS) is 28.7. The number of amides is 1. The molecule has 0 aromatic carbocycles. The lowest BCUT2D eigenvalue weighted by molar-refractivity contribution is -0.188. The van der Waals surface area contributed by atoms with E-state index in [1.165, 1.54) is 4.90 Å². The van der Waals surface area contributed by atoms with Crippen LogP contribution in [0.2, 0.25) is 0 Å². The third kappa shape index (κ3) is 4.77. The second kappa shape index (κ2) is 7.22. The Labute approximate surface area is 128 Å². The van der Waals surface area contributed by atoms with E-state index in [-0.39, 0.29) is 25.4 Å². The topological polar surface area (TPSA) is 23.6 Å². The molecule has 2 unspecified atom stereocenters. The molecule has 122 valence electrons. The molecule has 7 heteroatoms. The Morgan fingerprint density at radius 1 is 1.29 bits per heavy atom. The molecule has 0 N–H and O–H groups in total. The zero-order valence-corrected chi connectivity index (χ0v) is 13.2. The Balaban J connectivity index is 1.85. The molecule has 1 amide bonds. The molecule has 0 aromatic rings. The summed E-state index contributed by atoms with van der Waals surface area (Å²) in [6.07, 6.45) is -2.53. The lowest BCUT2D eigenvalue weighted by Gasteiger charge is -2.36. The van der Waals surface area contributed by atoms with E-state index in [1.54, 1.807) is 0 Å². The maximum absolute atomic E-state index is 12.8. The van der Waals surface area contributed by atoms with Crippen molar-refractivity contribution in [1.82, 2.24) is 9.80 Å². The van der Waals surface area contributed by atoms with Gasteiger partial charge in [-0.05, 0) is 19.3 Å². The maximum atomic E-state index is 12.8. The Morgan fingerprint density at radius 2 is 2.05 bits per heavy atom. The maximum Gasteiger partial charge on any atom is 0.393 e. The fraction of sp³-hybridized carbons (Fsp3) is 0.929. The molecule has 2 saturated heterocycles. The van der Waals surface area contributed by atoms with Crippen LogP contribution in [0.5, 0.6) is 0 Å². The fourth-order valence-corrected chi connectivity index (χ4v) is 4.18. The molecule has 0 aliphatic carbocycles. The monoisotopic (exact) mass is 324 g/mol. The predicted octanol–water partition coefficient (Wildman–Crippen LogP) is 2.61. The Hall–Kier alpha value is -0.430. The van der Waals surface area contributed by atoms with E-state index in [4.69, 9.17) is 0 Å². The van der Waals surface area contributed by atoms with Crippen LogP contribution in [0.25, 0.3) is 0 Å². The minimum absolute atomic E-state index is 0.144. The van der Waals surface area contributed by atoms with Crippen molar-refractivity contribution in [2.45, 2.75) is 37.6 Å². The van der Waals surface area contributed by atoms with Crippen LogP contribution in [0.1, 0.15) is 26.2 Å². The third-order valence-electron chi connectivity index (χ3n) is 4.27. The number of thioether (sulfide) groups is 1. The van der Waals surface area contributed by atoms with E-state index in [0.29, 0.717) is 18.2 Å². The quantitative estimate of drug-likeness (QED) is 0.797. The number of likely N-dealkylation sites (tertiary alicyclic amines) is 1. The van der Waals surface area contributed by atoms with Gasteiger partial charge in [0.15, 0.2) is 0 Å². The van der Waals surface area contributed by atoms with Crippen LogP contribution in [0.4, 0.5) is 13.2 Å². The number of hydrogen-bond donors (Lipinski definition) is 0. The Bertz CT molecular complexity index is 365. The van der Waals surface area contributed by atoms with Crippen molar-refractivity contribution >= 4 is 17.7 Å². The van der Waals surface area contributed by atoms with E-state index >= 15 is 0 Å². The van der Waals surface area contributed by atoms with Gasteiger partial charge < -0.3 is 4.90 Å². The van der Waals surface area contributed by atoms with Gasteiger partial charge in [-0.3, -0.25) is 9.69 Å². The smallest absolute Gasteiger partial charge is 0.341 e. The lowest BCUT2D eigenvalue weighted by Crippen LogP contribution is -2.49. The number of piperidine rings is 1. The highest BCUT2D eigenvalue weighted by Crippen LogP contribution is 2.33. The molecule has 0 radical (unpaired) electrons. The molecule has 0 saturated carbocycles. The molecule has 2 heterocycles. The summed E-state index contributed by atoms with van der Waals surface area (Å²) in [6.45, 7) is 4.41. The van der Waals surface area contributed by atoms with E-state index < -0.39 is 12.1 Å². The molecule has 2 aliphatic heterocycles. The summed E-state index contributed by atoms with van der Waals surface area (Å²) < 4.78 is 38.3. The van der Waals surface area contributed by atoms with Crippen LogP contribution in [-0.2, 0) is 4.79 Å². The molecule has 2 fully saturated rings. The van der Waals surface area contributed by atoms with Crippen molar-refractivity contribution in [2.24, 2.45) is 5.92 Å². The predicted molar refractivity (Wildman–Crippen MR) is 78.3 cm³/mol. The van der Waals surface area contributed by atoms with Crippen LogP contribution >= 0.6 is 11.8 Å². The summed E-state index contributed by atoms with van der Waals surface area (Å²) in [7, 11) is 0. The van der Waals surface area contributed by atoms with Gasteiger partial charge in [-0.1, -0.05) is 6.92 Å². The van der Waals surface area contributed by atoms with E-state index in [0.717, 1.165) is 25.3 Å². The van der Waals surface area contributed by atoms with Crippen LogP contribution in [0.3, 0.4) is 0 Å². The molecule has 0 spiro atoms. The first-order valence-electron chi connectivity index (χ1n) is 7.58. The third-order valence-corrected chi connectivity index (χ3v) is 5.65. The average molecular weight is 324 g/mol. The highest BCUT2D eigenvalue weighted by Gasteiger charge is 2.42. The standard InChI is InChI=1S/C14H23F3N2OS/c1-2-12-9-18(6-7-21-12)10-13(20)19-5-3-4-11(8-19)14(15,16)17/h11-12H,2-10H2,1H3. The number of hydrogen-bond acceptors (Lipinski definition) is 3. The summed E-state index contributed by atoms with van der Waals surface area (Å²) in [5.74, 6) is -0.502. The van der Waals surface area contributed by atoms with Crippen LogP contribution in [-0.4, -0.2) is 65.6 Å². The summed E-state index contributed by atoms with van der Waals surface area (Å²) >= 11 is 1.92. The van der Waals surface area contributed by atoms with Crippen molar-refractivity contribution in [1.29, 1.82) is 0 Å². The largest absolute Gasteiger partial charge is 0.393 e. The van der Waals surface area contributed by atoms with E-state index in [2.05, 4.69) is 11.8 Å². The molecule has 2 atom stereocenters. The van der Waals surface area contributed by atoms with Crippen LogP contribution < -0.4 is 0 Å². The number of halogens is 3. The molecular weight excluding hydrogens is 301 g/mol. The highest BCUT2D eigenvalue weighted by molar-refractivity contribution is 8.00. The first-order valence-corrected chi connectivity index (χ1v) is 8.63. The van der Waals surface area contributed by atoms with Crippen molar-refractivity contribution in [3.05, 3.63) is 0 Å². The fourth-order valence-electron chi connectivity index (χ4n) is 2.93. The van der Waals surface area contributed by atoms with Gasteiger partial charge in [0.1, 0.15) is 0 Å². The molecule has 0 aromatic heterocycles. The first kappa shape index (κ1) is 16.9. The number of carbonyl (C=O) groups excluding carboxylic acids is 1.